The van der Waals surface area contributed by atoms with Crippen molar-refractivity contribution < 1.29 is 4.74 Å². The molecule has 218 valence electrons. The third-order valence-corrected chi connectivity index (χ3v) is 8.84. The van der Waals surface area contributed by atoms with Gasteiger partial charge in [-0.3, -0.25) is 4.90 Å². The highest BCUT2D eigenvalue weighted by atomic mass is 35.5. The molecule has 3 aromatic rings. The van der Waals surface area contributed by atoms with Gasteiger partial charge in [0.1, 0.15) is 5.82 Å². The van der Waals surface area contributed by atoms with Crippen LogP contribution in [-0.4, -0.2) is 85.3 Å². The predicted molar refractivity (Wildman–Crippen MR) is 167 cm³/mol. The Balaban J connectivity index is 0.000000500. The van der Waals surface area contributed by atoms with Gasteiger partial charge in [0.05, 0.1) is 36.9 Å². The number of anilines is 2. The summed E-state index contributed by atoms with van der Waals surface area (Å²) in [7, 11) is 3.79. The fourth-order valence-corrected chi connectivity index (χ4v) is 6.67. The molecule has 0 unspecified atom stereocenters. The molecule has 3 aliphatic rings. The van der Waals surface area contributed by atoms with E-state index in [1.165, 1.54) is 31.5 Å². The molecule has 0 amide bonds. The van der Waals surface area contributed by atoms with Crippen molar-refractivity contribution in [3.05, 3.63) is 52.7 Å². The van der Waals surface area contributed by atoms with Gasteiger partial charge in [-0.15, -0.1) is 0 Å². The van der Waals surface area contributed by atoms with Gasteiger partial charge >= 0.3 is 6.01 Å². The second-order valence-electron chi connectivity index (χ2n) is 11.5. The molecule has 6 rings (SSSR count). The molecule has 1 aromatic heterocycles. The first kappa shape index (κ1) is 29.4. The summed E-state index contributed by atoms with van der Waals surface area (Å²) in [6, 6.07) is 15.7. The Morgan fingerprint density at radius 3 is 2.44 bits per heavy atom. The molecule has 0 saturated carbocycles. The van der Waals surface area contributed by atoms with Crippen molar-refractivity contribution in [1.29, 1.82) is 5.26 Å². The maximum Gasteiger partial charge on any atom is 0.318 e. The minimum atomic E-state index is 0.184. The zero-order chi connectivity index (χ0) is 28.9. The number of likely N-dealkylation sites (tertiary alicyclic amines) is 1. The van der Waals surface area contributed by atoms with Crippen LogP contribution in [0.4, 0.5) is 11.5 Å². The molecule has 4 heterocycles. The number of methoxy groups -OCH3 is 1. The van der Waals surface area contributed by atoms with Crippen LogP contribution >= 0.6 is 11.6 Å². The predicted octanol–water partition coefficient (Wildman–Crippen LogP) is 5.38. The molecule has 2 fully saturated rings. The third kappa shape index (κ3) is 6.53. The van der Waals surface area contributed by atoms with Crippen molar-refractivity contribution in [1.82, 2.24) is 19.8 Å². The Bertz CT molecular complexity index is 1380. The largest absolute Gasteiger partial charge is 0.467 e. The number of benzene rings is 2. The van der Waals surface area contributed by atoms with Gasteiger partial charge in [0, 0.05) is 54.9 Å². The molecule has 41 heavy (non-hydrogen) atoms. The number of hydrogen-bond acceptors (Lipinski definition) is 8. The fraction of sp³-hybridized carbons (Fsp3) is 0.531. The van der Waals surface area contributed by atoms with Gasteiger partial charge in [-0.1, -0.05) is 35.9 Å². The van der Waals surface area contributed by atoms with Crippen LogP contribution in [0.2, 0.25) is 5.02 Å². The highest BCUT2D eigenvalue weighted by Crippen LogP contribution is 2.37. The number of nitrogens with zero attached hydrogens (tertiary/aromatic N) is 7. The normalized spacial score (nSPS) is 19.6. The van der Waals surface area contributed by atoms with E-state index in [1.54, 1.807) is 7.11 Å². The van der Waals surface area contributed by atoms with E-state index in [-0.39, 0.29) is 6.04 Å². The summed E-state index contributed by atoms with van der Waals surface area (Å²) in [6.07, 6.45) is 4.17. The van der Waals surface area contributed by atoms with E-state index in [1.807, 2.05) is 12.1 Å². The van der Waals surface area contributed by atoms with E-state index >= 15 is 0 Å². The molecule has 0 bridgehead atoms. The summed E-state index contributed by atoms with van der Waals surface area (Å²) >= 11 is 6.62. The molecule has 0 aliphatic carbocycles. The van der Waals surface area contributed by atoms with Crippen LogP contribution in [0.5, 0.6) is 6.01 Å². The van der Waals surface area contributed by atoms with Gasteiger partial charge in [0.2, 0.25) is 0 Å². The molecule has 0 radical (unpaired) electrons. The van der Waals surface area contributed by atoms with Crippen molar-refractivity contribution in [2.45, 2.75) is 58.2 Å². The van der Waals surface area contributed by atoms with Gasteiger partial charge in [-0.2, -0.15) is 15.2 Å². The fourth-order valence-electron chi connectivity index (χ4n) is 6.39. The molecule has 9 heteroatoms. The average molecular weight is 576 g/mol. The Morgan fingerprint density at radius 2 is 1.78 bits per heavy atom. The molecule has 2 saturated heterocycles. The molecule has 1 atom stereocenters. The lowest BCUT2D eigenvalue weighted by molar-refractivity contribution is 0.138. The van der Waals surface area contributed by atoms with E-state index in [0.717, 1.165) is 65.6 Å². The van der Waals surface area contributed by atoms with Crippen molar-refractivity contribution in [2.75, 3.05) is 63.2 Å². The van der Waals surface area contributed by atoms with E-state index in [9.17, 15) is 5.26 Å². The van der Waals surface area contributed by atoms with E-state index in [4.69, 9.17) is 26.3 Å². The molecular formula is C32H42ClN7O. The highest BCUT2D eigenvalue weighted by Gasteiger charge is 2.33. The second kappa shape index (κ2) is 13.2. The number of rotatable bonds is 5. The van der Waals surface area contributed by atoms with E-state index in [0.29, 0.717) is 25.0 Å². The highest BCUT2D eigenvalue weighted by molar-refractivity contribution is 6.36. The zero-order valence-corrected chi connectivity index (χ0v) is 25.6. The summed E-state index contributed by atoms with van der Waals surface area (Å²) in [5, 5.41) is 12.4. The molecule has 0 spiro atoms. The second-order valence-corrected chi connectivity index (χ2v) is 12.0. The van der Waals surface area contributed by atoms with Gasteiger partial charge < -0.3 is 19.4 Å². The third-order valence-electron chi connectivity index (χ3n) is 8.53. The smallest absolute Gasteiger partial charge is 0.318 e. The molecule has 0 N–H and O–H groups in total. The summed E-state index contributed by atoms with van der Waals surface area (Å²) in [5.41, 5.74) is 3.30. The van der Waals surface area contributed by atoms with Crippen molar-refractivity contribution in [3.8, 4) is 12.1 Å². The van der Waals surface area contributed by atoms with Crippen LogP contribution in [0.3, 0.4) is 0 Å². The maximum atomic E-state index is 9.43. The lowest BCUT2D eigenvalue weighted by atomic mass is 10.0. The van der Waals surface area contributed by atoms with Gasteiger partial charge in [-0.25, -0.2) is 0 Å². The van der Waals surface area contributed by atoms with Crippen LogP contribution in [0.15, 0.2) is 36.4 Å². The van der Waals surface area contributed by atoms with Crippen LogP contribution in [-0.2, 0) is 13.0 Å². The first-order valence-electron chi connectivity index (χ1n) is 14.8. The maximum absolute atomic E-state index is 9.43. The minimum Gasteiger partial charge on any atom is -0.467 e. The first-order valence-corrected chi connectivity index (χ1v) is 15.2. The number of aromatic nitrogens is 2. The number of halogens is 1. The minimum absolute atomic E-state index is 0.184. The zero-order valence-electron chi connectivity index (χ0n) is 24.8. The number of hydrogen-bond donors (Lipinski definition) is 0. The topological polar surface area (TPSA) is 71.8 Å². The summed E-state index contributed by atoms with van der Waals surface area (Å²) in [5.74, 6) is 0.953. The van der Waals surface area contributed by atoms with Crippen molar-refractivity contribution in [3.63, 3.8) is 0 Å². The Morgan fingerprint density at radius 1 is 1.02 bits per heavy atom. The first-order chi connectivity index (χ1) is 19.9. The average Bonchev–Trinajstić information content (AvgIpc) is 3.47. The van der Waals surface area contributed by atoms with Crippen LogP contribution in [0.25, 0.3) is 10.8 Å². The lowest BCUT2D eigenvalue weighted by Gasteiger charge is -2.44. The number of nitriles is 1. The Kier molecular flexibility index (Phi) is 9.49. The van der Waals surface area contributed by atoms with E-state index in [2.05, 4.69) is 70.8 Å². The van der Waals surface area contributed by atoms with Gasteiger partial charge in [0.15, 0.2) is 0 Å². The van der Waals surface area contributed by atoms with Crippen LogP contribution < -0.4 is 14.5 Å². The van der Waals surface area contributed by atoms with Gasteiger partial charge in [0.25, 0.3) is 0 Å². The number of ether oxygens (including phenoxy) is 1. The summed E-state index contributed by atoms with van der Waals surface area (Å²) in [4.78, 5) is 19.0. The van der Waals surface area contributed by atoms with Crippen LogP contribution in [0, 0.1) is 11.3 Å². The van der Waals surface area contributed by atoms with Crippen LogP contribution in [0.1, 0.15) is 44.4 Å². The summed E-state index contributed by atoms with van der Waals surface area (Å²) in [6.45, 7) is 11.1. The van der Waals surface area contributed by atoms with E-state index < -0.39 is 0 Å². The molecule has 3 aliphatic heterocycles. The standard InChI is InChI=1S/C27H31ClN6O.C5H11N/c1-18(2)34-15-14-33(16-20(34)10-12-29)26-21-11-13-32(17-23(21)30-27(31-26)35-3)24-9-5-7-19-6-4-8-22(28)25(19)24;1-6-4-2-3-5-6/h4-9,18,20H,10-11,13-17H2,1-3H3;2-5H2,1H3/t20-;/m1./s1. The lowest BCUT2D eigenvalue weighted by Crippen LogP contribution is -2.55. The monoisotopic (exact) mass is 575 g/mol. The Hall–Kier alpha value is -3.12. The van der Waals surface area contributed by atoms with Crippen molar-refractivity contribution in [2.24, 2.45) is 0 Å². The molecule has 8 nitrogen and oxygen atoms in total. The summed E-state index contributed by atoms with van der Waals surface area (Å²) < 4.78 is 5.52. The SMILES string of the molecule is CN1CCCC1.COc1nc2c(c(N3CCN(C(C)C)[C@H](CC#N)C3)n1)CCN(c1cccc3cccc(Cl)c13)C2. The number of fused-ring (bicyclic) bond motifs is 2. The Labute approximate surface area is 249 Å². The molecular weight excluding hydrogens is 534 g/mol. The van der Waals surface area contributed by atoms with Gasteiger partial charge in [-0.05, 0) is 70.8 Å². The number of piperazine rings is 1. The quantitative estimate of drug-likeness (QED) is 0.402. The van der Waals surface area contributed by atoms with Crippen molar-refractivity contribution >= 4 is 33.9 Å². The molecule has 2 aromatic carbocycles.